The lowest BCUT2D eigenvalue weighted by Gasteiger charge is -2.30. The van der Waals surface area contributed by atoms with E-state index in [1.165, 1.54) is 5.69 Å². The largest absolute Gasteiger partial charge is 0.490 e. The minimum absolute atomic E-state index is 0.776. The number of likely N-dealkylation sites (N-methyl/N-ethyl adjacent to an activating group) is 1. The Morgan fingerprint density at radius 2 is 2.38 bits per heavy atom. The van der Waals surface area contributed by atoms with Crippen LogP contribution in [0.3, 0.4) is 0 Å². The van der Waals surface area contributed by atoms with Crippen LogP contribution in [0.2, 0.25) is 0 Å². The summed E-state index contributed by atoms with van der Waals surface area (Å²) in [4.78, 5) is 3.27. The summed E-state index contributed by atoms with van der Waals surface area (Å²) >= 11 is 4.28. The number of hydrogen-bond acceptors (Lipinski definition) is 3. The van der Waals surface area contributed by atoms with Crippen molar-refractivity contribution in [3.8, 4) is 5.75 Å². The van der Waals surface area contributed by atoms with Gasteiger partial charge in [0, 0.05) is 11.4 Å². The second-order valence-electron chi connectivity index (χ2n) is 3.08. The van der Waals surface area contributed by atoms with Crippen molar-refractivity contribution in [3.63, 3.8) is 0 Å². The molecule has 0 bridgehead atoms. The Morgan fingerprint density at radius 1 is 1.54 bits per heavy atom. The van der Waals surface area contributed by atoms with Crippen molar-refractivity contribution in [1.82, 2.24) is 0 Å². The fourth-order valence-corrected chi connectivity index (χ4v) is 1.79. The first-order valence-electron chi connectivity index (χ1n) is 4.52. The molecule has 0 fully saturated rings. The van der Waals surface area contributed by atoms with E-state index in [0.717, 1.165) is 30.3 Å². The van der Waals surface area contributed by atoms with Crippen LogP contribution in [-0.2, 0) is 0 Å². The number of nitrogens with zero attached hydrogens (tertiary/aromatic N) is 1. The van der Waals surface area contributed by atoms with Gasteiger partial charge in [-0.1, -0.05) is 0 Å². The van der Waals surface area contributed by atoms with Crippen molar-refractivity contribution < 1.29 is 4.74 Å². The van der Waals surface area contributed by atoms with E-state index in [0.29, 0.717) is 0 Å². The monoisotopic (exact) mass is 195 g/mol. The van der Waals surface area contributed by atoms with Gasteiger partial charge in [0.1, 0.15) is 12.4 Å². The quantitative estimate of drug-likeness (QED) is 0.690. The first-order valence-corrected chi connectivity index (χ1v) is 4.96. The normalized spacial score (nSPS) is 15.1. The van der Waals surface area contributed by atoms with Crippen LogP contribution in [0.25, 0.3) is 0 Å². The highest BCUT2D eigenvalue weighted by Crippen LogP contribution is 2.32. The van der Waals surface area contributed by atoms with Crippen LogP contribution in [0.5, 0.6) is 5.75 Å². The zero-order valence-corrected chi connectivity index (χ0v) is 8.55. The minimum atomic E-state index is 0.776. The summed E-state index contributed by atoms with van der Waals surface area (Å²) in [5.41, 5.74) is 1.19. The molecule has 0 unspecified atom stereocenters. The lowest BCUT2D eigenvalue weighted by molar-refractivity contribution is 0.308. The van der Waals surface area contributed by atoms with E-state index < -0.39 is 0 Å². The molecule has 0 aromatic heterocycles. The Hall–Kier alpha value is -0.830. The van der Waals surface area contributed by atoms with E-state index in [1.807, 2.05) is 12.1 Å². The molecule has 0 atom stereocenters. The second kappa shape index (κ2) is 3.50. The van der Waals surface area contributed by atoms with Crippen molar-refractivity contribution >= 4 is 18.3 Å². The lowest BCUT2D eigenvalue weighted by Crippen LogP contribution is -2.32. The third kappa shape index (κ3) is 1.61. The number of fused-ring (bicyclic) bond motifs is 1. The summed E-state index contributed by atoms with van der Waals surface area (Å²) in [6.45, 7) is 4.94. The van der Waals surface area contributed by atoms with Crippen molar-refractivity contribution in [2.45, 2.75) is 11.8 Å². The van der Waals surface area contributed by atoms with Gasteiger partial charge in [0.15, 0.2) is 0 Å². The van der Waals surface area contributed by atoms with E-state index in [2.05, 4.69) is 30.5 Å². The molecule has 1 aromatic carbocycles. The Balaban J connectivity index is 2.40. The molecule has 0 amide bonds. The molecule has 0 saturated heterocycles. The fraction of sp³-hybridized carbons (Fsp3) is 0.400. The predicted molar refractivity (Wildman–Crippen MR) is 57.1 cm³/mol. The first kappa shape index (κ1) is 8.75. The molecule has 70 valence electrons. The number of ether oxygens (including phenoxy) is 1. The Kier molecular flexibility index (Phi) is 2.36. The number of hydrogen-bond donors (Lipinski definition) is 1. The molecule has 2 nitrogen and oxygen atoms in total. The molecule has 0 N–H and O–H groups in total. The molecule has 1 aromatic rings. The van der Waals surface area contributed by atoms with E-state index >= 15 is 0 Å². The smallest absolute Gasteiger partial charge is 0.143 e. The summed E-state index contributed by atoms with van der Waals surface area (Å²) in [5, 5.41) is 0. The summed E-state index contributed by atoms with van der Waals surface area (Å²) < 4.78 is 5.55. The molecule has 2 rings (SSSR count). The van der Waals surface area contributed by atoms with Crippen LogP contribution >= 0.6 is 12.6 Å². The van der Waals surface area contributed by atoms with Crippen LogP contribution in [0.4, 0.5) is 5.69 Å². The molecule has 0 saturated carbocycles. The highest BCUT2D eigenvalue weighted by atomic mass is 32.1. The van der Waals surface area contributed by atoms with Gasteiger partial charge in [-0.25, -0.2) is 0 Å². The zero-order valence-electron chi connectivity index (χ0n) is 7.66. The van der Waals surface area contributed by atoms with Gasteiger partial charge in [0.2, 0.25) is 0 Å². The molecule has 0 aliphatic carbocycles. The fourth-order valence-electron chi connectivity index (χ4n) is 1.59. The van der Waals surface area contributed by atoms with E-state index in [9.17, 15) is 0 Å². The van der Waals surface area contributed by atoms with Crippen molar-refractivity contribution in [2.24, 2.45) is 0 Å². The summed E-state index contributed by atoms with van der Waals surface area (Å²) in [7, 11) is 0. The average Bonchev–Trinajstić information content (AvgIpc) is 2.16. The van der Waals surface area contributed by atoms with E-state index in [4.69, 9.17) is 4.74 Å². The van der Waals surface area contributed by atoms with Crippen LogP contribution in [-0.4, -0.2) is 19.7 Å². The molecule has 0 radical (unpaired) electrons. The zero-order chi connectivity index (χ0) is 9.26. The number of anilines is 1. The molecule has 1 aliphatic rings. The third-order valence-corrected chi connectivity index (χ3v) is 2.56. The van der Waals surface area contributed by atoms with Crippen molar-refractivity contribution in [3.05, 3.63) is 18.2 Å². The van der Waals surface area contributed by atoms with E-state index in [1.54, 1.807) is 0 Å². The highest BCUT2D eigenvalue weighted by molar-refractivity contribution is 7.80. The molecular formula is C10H13NOS. The number of benzene rings is 1. The highest BCUT2D eigenvalue weighted by Gasteiger charge is 2.15. The van der Waals surface area contributed by atoms with E-state index in [-0.39, 0.29) is 0 Å². The van der Waals surface area contributed by atoms with Gasteiger partial charge < -0.3 is 9.64 Å². The SMILES string of the molecule is CCN1CCOc2cc(S)ccc21. The summed E-state index contributed by atoms with van der Waals surface area (Å²) in [6.07, 6.45) is 0. The number of thiol groups is 1. The molecule has 0 spiro atoms. The van der Waals surface area contributed by atoms with Crippen LogP contribution in [0.15, 0.2) is 23.1 Å². The Bertz CT molecular complexity index is 314. The van der Waals surface area contributed by atoms with Gasteiger partial charge in [0.25, 0.3) is 0 Å². The van der Waals surface area contributed by atoms with Gasteiger partial charge in [0.05, 0.1) is 12.2 Å². The van der Waals surface area contributed by atoms with Gasteiger partial charge in [-0.3, -0.25) is 0 Å². The van der Waals surface area contributed by atoms with Gasteiger partial charge in [-0.15, -0.1) is 12.6 Å². The molecule has 3 heteroatoms. The minimum Gasteiger partial charge on any atom is -0.490 e. The Morgan fingerprint density at radius 3 is 3.15 bits per heavy atom. The number of rotatable bonds is 1. The molecular weight excluding hydrogens is 182 g/mol. The Labute approximate surface area is 83.9 Å². The van der Waals surface area contributed by atoms with Crippen molar-refractivity contribution in [1.29, 1.82) is 0 Å². The maximum absolute atomic E-state index is 5.55. The average molecular weight is 195 g/mol. The molecule has 1 aliphatic heterocycles. The maximum atomic E-state index is 5.55. The van der Waals surface area contributed by atoms with Crippen molar-refractivity contribution in [2.75, 3.05) is 24.6 Å². The van der Waals surface area contributed by atoms with Crippen LogP contribution in [0.1, 0.15) is 6.92 Å². The predicted octanol–water partition coefficient (Wildman–Crippen LogP) is 2.19. The second-order valence-corrected chi connectivity index (χ2v) is 3.60. The standard InChI is InChI=1S/C10H13NOS/c1-2-11-5-6-12-10-7-8(13)3-4-9(10)11/h3-4,7,13H,2,5-6H2,1H3. The summed E-state index contributed by atoms with van der Waals surface area (Å²) in [6, 6.07) is 6.04. The molecule has 13 heavy (non-hydrogen) atoms. The third-order valence-electron chi connectivity index (χ3n) is 2.28. The van der Waals surface area contributed by atoms with Crippen LogP contribution < -0.4 is 9.64 Å². The topological polar surface area (TPSA) is 12.5 Å². The van der Waals surface area contributed by atoms with Gasteiger partial charge >= 0.3 is 0 Å². The first-order chi connectivity index (χ1) is 6.31. The van der Waals surface area contributed by atoms with Gasteiger partial charge in [-0.05, 0) is 25.1 Å². The maximum Gasteiger partial charge on any atom is 0.143 e. The van der Waals surface area contributed by atoms with Crippen LogP contribution in [0, 0.1) is 0 Å². The van der Waals surface area contributed by atoms with Gasteiger partial charge in [-0.2, -0.15) is 0 Å². The molecule has 1 heterocycles. The lowest BCUT2D eigenvalue weighted by atomic mass is 10.2. The summed E-state index contributed by atoms with van der Waals surface area (Å²) in [5.74, 6) is 0.959.